The Balaban J connectivity index is 2.07. The standard InChI is InChI=1S/C21H26O3/c1-4-13-23-14-15-24-16-21(18-7-5-17(2)6-8-18)19-9-11-20(22-3)12-10-19/h4-13,21H,14-16H2,1-3H3. The fourth-order valence-corrected chi connectivity index (χ4v) is 2.49. The van der Waals surface area contributed by atoms with Gasteiger partial charge in [0.1, 0.15) is 12.4 Å². The minimum absolute atomic E-state index is 0.193. The first-order chi connectivity index (χ1) is 11.7. The molecule has 3 nitrogen and oxygen atoms in total. The molecule has 0 aromatic heterocycles. The molecule has 0 N–H and O–H groups in total. The molecule has 0 saturated carbocycles. The van der Waals surface area contributed by atoms with Crippen LogP contribution in [0, 0.1) is 6.92 Å². The second-order valence-corrected chi connectivity index (χ2v) is 5.65. The van der Waals surface area contributed by atoms with E-state index in [1.165, 1.54) is 16.7 Å². The third-order valence-electron chi connectivity index (χ3n) is 3.86. The molecule has 0 heterocycles. The summed E-state index contributed by atoms with van der Waals surface area (Å²) in [6.45, 7) is 5.78. The van der Waals surface area contributed by atoms with Gasteiger partial charge in [-0.25, -0.2) is 0 Å². The highest BCUT2D eigenvalue weighted by Crippen LogP contribution is 2.27. The lowest BCUT2D eigenvalue weighted by Gasteiger charge is -2.19. The Hall–Kier alpha value is -2.26. The molecule has 0 spiro atoms. The SMILES string of the molecule is CC=COCCOCC(c1ccc(C)cc1)c1ccc(OC)cc1. The molecule has 1 unspecified atom stereocenters. The molecule has 1 atom stereocenters. The molecule has 2 aromatic carbocycles. The van der Waals surface area contributed by atoms with Crippen molar-refractivity contribution in [3.63, 3.8) is 0 Å². The molecule has 0 saturated heterocycles. The van der Waals surface area contributed by atoms with E-state index in [0.717, 1.165) is 5.75 Å². The zero-order chi connectivity index (χ0) is 17.2. The molecular weight excluding hydrogens is 300 g/mol. The molecule has 2 aromatic rings. The molecule has 0 fully saturated rings. The van der Waals surface area contributed by atoms with Crippen molar-refractivity contribution in [3.05, 3.63) is 77.6 Å². The highest BCUT2D eigenvalue weighted by molar-refractivity contribution is 5.37. The van der Waals surface area contributed by atoms with Crippen LogP contribution in [0.15, 0.2) is 60.9 Å². The van der Waals surface area contributed by atoms with E-state index in [-0.39, 0.29) is 5.92 Å². The third-order valence-corrected chi connectivity index (χ3v) is 3.86. The summed E-state index contributed by atoms with van der Waals surface area (Å²) in [6.07, 6.45) is 3.55. The van der Waals surface area contributed by atoms with Gasteiger partial charge in [0.2, 0.25) is 0 Å². The van der Waals surface area contributed by atoms with Gasteiger partial charge in [0.25, 0.3) is 0 Å². The van der Waals surface area contributed by atoms with Crippen molar-refractivity contribution in [1.29, 1.82) is 0 Å². The fraction of sp³-hybridized carbons (Fsp3) is 0.333. The van der Waals surface area contributed by atoms with Crippen LogP contribution in [0.1, 0.15) is 29.5 Å². The number of hydrogen-bond acceptors (Lipinski definition) is 3. The average Bonchev–Trinajstić information content (AvgIpc) is 2.62. The van der Waals surface area contributed by atoms with E-state index in [9.17, 15) is 0 Å². The van der Waals surface area contributed by atoms with Crippen molar-refractivity contribution in [2.24, 2.45) is 0 Å². The van der Waals surface area contributed by atoms with Crippen LogP contribution in [0.5, 0.6) is 5.75 Å². The van der Waals surface area contributed by atoms with E-state index in [4.69, 9.17) is 14.2 Å². The number of ether oxygens (including phenoxy) is 3. The Labute approximate surface area is 144 Å². The van der Waals surface area contributed by atoms with Crippen LogP contribution in [0.25, 0.3) is 0 Å². The van der Waals surface area contributed by atoms with Crippen molar-refractivity contribution in [1.82, 2.24) is 0 Å². The molecule has 0 aliphatic carbocycles. The Morgan fingerprint density at radius 3 is 2.12 bits per heavy atom. The van der Waals surface area contributed by atoms with E-state index >= 15 is 0 Å². The highest BCUT2D eigenvalue weighted by atomic mass is 16.5. The lowest BCUT2D eigenvalue weighted by Crippen LogP contribution is -2.12. The maximum Gasteiger partial charge on any atom is 0.118 e. The van der Waals surface area contributed by atoms with E-state index < -0.39 is 0 Å². The summed E-state index contributed by atoms with van der Waals surface area (Å²) in [6, 6.07) is 16.8. The minimum Gasteiger partial charge on any atom is -0.499 e. The first kappa shape index (κ1) is 18.1. The summed E-state index contributed by atoms with van der Waals surface area (Å²) in [4.78, 5) is 0. The number of aryl methyl sites for hydroxylation is 1. The molecule has 0 radical (unpaired) electrons. The highest BCUT2D eigenvalue weighted by Gasteiger charge is 2.14. The number of hydrogen-bond donors (Lipinski definition) is 0. The van der Waals surface area contributed by atoms with Crippen LogP contribution in [0.2, 0.25) is 0 Å². The summed E-state index contributed by atoms with van der Waals surface area (Å²) in [5.41, 5.74) is 3.72. The Kier molecular flexibility index (Phi) is 7.37. The molecule has 0 bridgehead atoms. The van der Waals surface area contributed by atoms with Crippen molar-refractivity contribution >= 4 is 0 Å². The smallest absolute Gasteiger partial charge is 0.118 e. The maximum atomic E-state index is 5.85. The topological polar surface area (TPSA) is 27.7 Å². The predicted molar refractivity (Wildman–Crippen MR) is 97.6 cm³/mol. The van der Waals surface area contributed by atoms with Crippen LogP contribution in [-0.2, 0) is 9.47 Å². The van der Waals surface area contributed by atoms with E-state index in [1.54, 1.807) is 13.4 Å². The van der Waals surface area contributed by atoms with Crippen LogP contribution in [0.3, 0.4) is 0 Å². The molecule has 0 aliphatic rings. The van der Waals surface area contributed by atoms with Gasteiger partial charge in [-0.05, 0) is 37.1 Å². The number of benzene rings is 2. The zero-order valence-corrected chi connectivity index (χ0v) is 14.7. The Morgan fingerprint density at radius 2 is 1.54 bits per heavy atom. The molecular formula is C21H26O3. The molecule has 2 rings (SSSR count). The third kappa shape index (κ3) is 5.43. The first-order valence-electron chi connectivity index (χ1n) is 8.25. The predicted octanol–water partition coefficient (Wildman–Crippen LogP) is 4.70. The van der Waals surface area contributed by atoms with Gasteiger partial charge in [0.15, 0.2) is 0 Å². The lowest BCUT2D eigenvalue weighted by molar-refractivity contribution is 0.0805. The zero-order valence-electron chi connectivity index (χ0n) is 14.7. The van der Waals surface area contributed by atoms with Crippen molar-refractivity contribution in [3.8, 4) is 5.75 Å². The minimum atomic E-state index is 0.193. The summed E-state index contributed by atoms with van der Waals surface area (Å²) in [5, 5.41) is 0. The van der Waals surface area contributed by atoms with E-state index in [2.05, 4.69) is 43.3 Å². The summed E-state index contributed by atoms with van der Waals surface area (Å²) < 4.78 is 16.4. The summed E-state index contributed by atoms with van der Waals surface area (Å²) in [5.74, 6) is 1.06. The monoisotopic (exact) mass is 326 g/mol. The number of rotatable bonds is 9. The second kappa shape index (κ2) is 9.78. The largest absolute Gasteiger partial charge is 0.499 e. The van der Waals surface area contributed by atoms with E-state index in [1.807, 2.05) is 25.1 Å². The normalized spacial score (nSPS) is 12.3. The molecule has 3 heteroatoms. The molecule has 0 aliphatic heterocycles. The van der Waals surface area contributed by atoms with Crippen molar-refractivity contribution in [2.75, 3.05) is 26.9 Å². The van der Waals surface area contributed by atoms with Gasteiger partial charge >= 0.3 is 0 Å². The Bertz CT molecular complexity index is 615. The average molecular weight is 326 g/mol. The van der Waals surface area contributed by atoms with E-state index in [0.29, 0.717) is 19.8 Å². The second-order valence-electron chi connectivity index (χ2n) is 5.65. The van der Waals surface area contributed by atoms with Crippen LogP contribution in [0.4, 0.5) is 0 Å². The fourth-order valence-electron chi connectivity index (χ4n) is 2.49. The molecule has 24 heavy (non-hydrogen) atoms. The van der Waals surface area contributed by atoms with Gasteiger partial charge in [-0.1, -0.05) is 48.0 Å². The number of allylic oxidation sites excluding steroid dienone is 1. The molecule has 128 valence electrons. The van der Waals surface area contributed by atoms with Gasteiger partial charge in [-0.15, -0.1) is 0 Å². The summed E-state index contributed by atoms with van der Waals surface area (Å²) >= 11 is 0. The molecule has 0 amide bonds. The Morgan fingerprint density at radius 1 is 0.917 bits per heavy atom. The van der Waals surface area contributed by atoms with Crippen LogP contribution in [-0.4, -0.2) is 26.9 Å². The quantitative estimate of drug-likeness (QED) is 0.494. The van der Waals surface area contributed by atoms with Crippen LogP contribution >= 0.6 is 0 Å². The maximum absolute atomic E-state index is 5.85. The lowest BCUT2D eigenvalue weighted by atomic mass is 9.91. The van der Waals surface area contributed by atoms with Crippen LogP contribution < -0.4 is 4.74 Å². The van der Waals surface area contributed by atoms with Gasteiger partial charge < -0.3 is 14.2 Å². The van der Waals surface area contributed by atoms with Crippen molar-refractivity contribution < 1.29 is 14.2 Å². The van der Waals surface area contributed by atoms with Gasteiger partial charge in [0, 0.05) is 5.92 Å². The van der Waals surface area contributed by atoms with Crippen molar-refractivity contribution in [2.45, 2.75) is 19.8 Å². The van der Waals surface area contributed by atoms with Gasteiger partial charge in [-0.3, -0.25) is 0 Å². The van der Waals surface area contributed by atoms with Gasteiger partial charge in [-0.2, -0.15) is 0 Å². The summed E-state index contributed by atoms with van der Waals surface area (Å²) in [7, 11) is 1.68. The number of methoxy groups -OCH3 is 1. The first-order valence-corrected chi connectivity index (χ1v) is 8.25. The van der Waals surface area contributed by atoms with Gasteiger partial charge in [0.05, 0.1) is 26.6 Å².